The van der Waals surface area contributed by atoms with E-state index in [2.05, 4.69) is 33.3 Å². The van der Waals surface area contributed by atoms with Gasteiger partial charge in [0, 0.05) is 67.7 Å². The number of anilines is 1. The number of likely N-dealkylation sites (tertiary alicyclic amines) is 1. The van der Waals surface area contributed by atoms with E-state index in [1.165, 1.54) is 0 Å². The number of nitrogens with zero attached hydrogens (tertiary/aromatic N) is 7. The summed E-state index contributed by atoms with van der Waals surface area (Å²) in [4.78, 5) is 20.8. The van der Waals surface area contributed by atoms with Crippen LogP contribution < -0.4 is 10.9 Å². The van der Waals surface area contributed by atoms with E-state index in [0.29, 0.717) is 22.8 Å². The zero-order valence-corrected chi connectivity index (χ0v) is 26.4. The summed E-state index contributed by atoms with van der Waals surface area (Å²) in [6, 6.07) is 7.84. The molecular weight excluding hydrogens is 564 g/mol. The second kappa shape index (κ2) is 11.1. The highest BCUT2D eigenvalue weighted by Gasteiger charge is 2.28. The fourth-order valence-electron chi connectivity index (χ4n) is 6.53. The first kappa shape index (κ1) is 29.3. The highest BCUT2D eigenvalue weighted by Crippen LogP contribution is 2.36. The van der Waals surface area contributed by atoms with Crippen LogP contribution in [0.3, 0.4) is 0 Å². The van der Waals surface area contributed by atoms with Gasteiger partial charge in [0.25, 0.3) is 5.56 Å². The number of piperidine rings is 1. The maximum absolute atomic E-state index is 13.9. The van der Waals surface area contributed by atoms with Gasteiger partial charge in [0.05, 0.1) is 35.4 Å². The molecule has 0 bridgehead atoms. The Morgan fingerprint density at radius 3 is 2.53 bits per heavy atom. The monoisotopic (exact) mass is 602 g/mol. The Hall–Kier alpha value is -3.73. The van der Waals surface area contributed by atoms with E-state index in [1.54, 1.807) is 21.5 Å². The van der Waals surface area contributed by atoms with Crippen molar-refractivity contribution in [3.8, 4) is 11.3 Å². The van der Waals surface area contributed by atoms with Crippen molar-refractivity contribution >= 4 is 39.1 Å². The lowest BCUT2D eigenvalue weighted by Gasteiger charge is -2.35. The summed E-state index contributed by atoms with van der Waals surface area (Å²) in [5.41, 5.74) is 4.51. The molecular formula is C32H39ClN8O2. The van der Waals surface area contributed by atoms with Crippen LogP contribution in [0.1, 0.15) is 56.8 Å². The van der Waals surface area contributed by atoms with Gasteiger partial charge < -0.3 is 15.3 Å². The zero-order valence-electron chi connectivity index (χ0n) is 25.6. The van der Waals surface area contributed by atoms with Crippen molar-refractivity contribution in [2.45, 2.75) is 58.2 Å². The van der Waals surface area contributed by atoms with Crippen LogP contribution in [-0.2, 0) is 14.1 Å². The van der Waals surface area contributed by atoms with Crippen LogP contribution in [0, 0.1) is 6.92 Å². The van der Waals surface area contributed by atoms with Gasteiger partial charge in [0.2, 0.25) is 0 Å². The van der Waals surface area contributed by atoms with Crippen molar-refractivity contribution in [1.29, 1.82) is 0 Å². The van der Waals surface area contributed by atoms with Crippen LogP contribution in [0.5, 0.6) is 0 Å². The van der Waals surface area contributed by atoms with Gasteiger partial charge in [-0.15, -0.1) is 0 Å². The van der Waals surface area contributed by atoms with Crippen molar-refractivity contribution in [1.82, 2.24) is 34.0 Å². The molecule has 1 aromatic carbocycles. The van der Waals surface area contributed by atoms with Gasteiger partial charge in [-0.25, -0.2) is 9.67 Å². The first-order chi connectivity index (χ1) is 20.4. The summed E-state index contributed by atoms with van der Waals surface area (Å²) in [5, 5.41) is 26.1. The summed E-state index contributed by atoms with van der Waals surface area (Å²) in [6.07, 6.45) is 7.40. The minimum atomic E-state index is -0.728. The molecule has 1 unspecified atom stereocenters. The molecule has 43 heavy (non-hydrogen) atoms. The summed E-state index contributed by atoms with van der Waals surface area (Å²) < 4.78 is 5.53. The molecule has 6 rings (SSSR count). The zero-order chi connectivity index (χ0) is 30.6. The Bertz CT molecular complexity index is 1870. The van der Waals surface area contributed by atoms with Gasteiger partial charge in [-0.2, -0.15) is 10.2 Å². The Balaban J connectivity index is 1.41. The predicted molar refractivity (Wildman–Crippen MR) is 172 cm³/mol. The molecule has 4 aromatic heterocycles. The fraction of sp³-hybridized carbons (Fsp3) is 0.438. The smallest absolute Gasteiger partial charge is 0.259 e. The van der Waals surface area contributed by atoms with E-state index < -0.39 is 5.60 Å². The molecule has 2 N–H and O–H groups in total. The molecule has 5 heterocycles. The standard InChI is InChI=1S/C32H39ClN8O2/c1-19-13-23(20(2)36-26-7-8-27(33)37-29(26)21-15-34-38(5)17-21)28-24(14-19)31(42)39(6)30-25(28)16-35-41(30)22-9-11-40(12-10-22)18-32(3,4)43/h7-8,13-17,20,22,36,43H,9-12,18H2,1-6H3. The number of fused-ring (bicyclic) bond motifs is 3. The highest BCUT2D eigenvalue weighted by atomic mass is 35.5. The second-order valence-electron chi connectivity index (χ2n) is 12.6. The summed E-state index contributed by atoms with van der Waals surface area (Å²) in [6.45, 7) is 10.2. The Morgan fingerprint density at radius 1 is 1.12 bits per heavy atom. The number of pyridine rings is 2. The van der Waals surface area contributed by atoms with Crippen LogP contribution >= 0.6 is 11.6 Å². The average molecular weight is 603 g/mol. The summed E-state index contributed by atoms with van der Waals surface area (Å²) in [5.74, 6) is 0. The average Bonchev–Trinajstić information content (AvgIpc) is 3.58. The SMILES string of the molecule is Cc1cc(C(C)Nc2ccc(Cl)nc2-c2cnn(C)c2)c2c(c1)c(=O)n(C)c1c2cnn1C1CCN(CC(C)(C)O)CC1. The molecule has 226 valence electrons. The normalized spacial score (nSPS) is 15.9. The molecule has 1 aliphatic rings. The van der Waals surface area contributed by atoms with Crippen molar-refractivity contribution in [2.75, 3.05) is 25.0 Å². The van der Waals surface area contributed by atoms with E-state index in [1.807, 2.05) is 64.1 Å². The molecule has 1 atom stereocenters. The number of hydrogen-bond acceptors (Lipinski definition) is 7. The van der Waals surface area contributed by atoms with Crippen LogP contribution in [-0.4, -0.2) is 64.4 Å². The maximum atomic E-state index is 13.9. The van der Waals surface area contributed by atoms with Crippen molar-refractivity contribution in [2.24, 2.45) is 14.1 Å². The lowest BCUT2D eigenvalue weighted by molar-refractivity contribution is 0.0247. The highest BCUT2D eigenvalue weighted by molar-refractivity contribution is 6.29. The largest absolute Gasteiger partial charge is 0.389 e. The molecule has 0 spiro atoms. The van der Waals surface area contributed by atoms with E-state index in [4.69, 9.17) is 16.7 Å². The molecule has 11 heteroatoms. The topological polar surface area (TPSA) is 106 Å². The maximum Gasteiger partial charge on any atom is 0.259 e. The summed E-state index contributed by atoms with van der Waals surface area (Å²) >= 11 is 6.30. The molecule has 10 nitrogen and oxygen atoms in total. The summed E-state index contributed by atoms with van der Waals surface area (Å²) in [7, 11) is 3.71. The number of halogens is 1. The number of hydrogen-bond donors (Lipinski definition) is 2. The van der Waals surface area contributed by atoms with Gasteiger partial charge in [0.15, 0.2) is 0 Å². The number of aliphatic hydroxyl groups is 1. The first-order valence-electron chi connectivity index (χ1n) is 14.8. The van der Waals surface area contributed by atoms with Crippen molar-refractivity contribution < 1.29 is 5.11 Å². The molecule has 0 aliphatic carbocycles. The van der Waals surface area contributed by atoms with Crippen LogP contribution in [0.15, 0.2) is 47.7 Å². The van der Waals surface area contributed by atoms with E-state index in [0.717, 1.165) is 64.7 Å². The number of β-amino-alcohol motifs (C(OH)–C–C–N with tert-alkyl or cyclic N) is 1. The number of nitrogens with one attached hydrogen (secondary N) is 1. The first-order valence-corrected chi connectivity index (χ1v) is 15.1. The molecule has 0 amide bonds. The van der Waals surface area contributed by atoms with Crippen LogP contribution in [0.25, 0.3) is 33.1 Å². The fourth-order valence-corrected chi connectivity index (χ4v) is 6.68. The van der Waals surface area contributed by atoms with Crippen molar-refractivity contribution in [3.63, 3.8) is 0 Å². The third-order valence-corrected chi connectivity index (χ3v) is 8.61. The van der Waals surface area contributed by atoms with Crippen molar-refractivity contribution in [3.05, 3.63) is 69.5 Å². The minimum Gasteiger partial charge on any atom is -0.389 e. The Morgan fingerprint density at radius 2 is 1.86 bits per heavy atom. The number of rotatable bonds is 7. The van der Waals surface area contributed by atoms with Gasteiger partial charge in [-0.1, -0.05) is 17.7 Å². The van der Waals surface area contributed by atoms with E-state index in [9.17, 15) is 9.90 Å². The minimum absolute atomic E-state index is 0.0370. The second-order valence-corrected chi connectivity index (χ2v) is 13.0. The number of benzene rings is 1. The predicted octanol–water partition coefficient (Wildman–Crippen LogP) is 5.23. The number of aryl methyl sites for hydroxylation is 3. The Labute approximate surface area is 255 Å². The van der Waals surface area contributed by atoms with Gasteiger partial charge >= 0.3 is 0 Å². The third kappa shape index (κ3) is 5.67. The molecule has 1 saturated heterocycles. The number of aromatic nitrogens is 6. The lowest BCUT2D eigenvalue weighted by atomic mass is 9.95. The van der Waals surface area contributed by atoms with E-state index >= 15 is 0 Å². The van der Waals surface area contributed by atoms with E-state index in [-0.39, 0.29) is 17.6 Å². The van der Waals surface area contributed by atoms with Crippen LogP contribution in [0.2, 0.25) is 5.15 Å². The van der Waals surface area contributed by atoms with Gasteiger partial charge in [-0.3, -0.25) is 14.0 Å². The molecule has 5 aromatic rings. The Kier molecular flexibility index (Phi) is 7.56. The lowest BCUT2D eigenvalue weighted by Crippen LogP contribution is -2.43. The van der Waals surface area contributed by atoms with Gasteiger partial charge in [-0.05, 0) is 69.9 Å². The third-order valence-electron chi connectivity index (χ3n) is 8.40. The quantitative estimate of drug-likeness (QED) is 0.246. The molecule has 1 fully saturated rings. The molecule has 0 radical (unpaired) electrons. The van der Waals surface area contributed by atoms with Crippen LogP contribution in [0.4, 0.5) is 5.69 Å². The molecule has 1 aliphatic heterocycles. The van der Waals surface area contributed by atoms with Gasteiger partial charge in [0.1, 0.15) is 10.8 Å². The molecule has 0 saturated carbocycles.